The summed E-state index contributed by atoms with van der Waals surface area (Å²) in [6.45, 7) is 4.72. The summed E-state index contributed by atoms with van der Waals surface area (Å²) in [5.74, 6) is 0.646. The van der Waals surface area contributed by atoms with E-state index in [1.807, 2.05) is 32.0 Å². The third-order valence-corrected chi connectivity index (χ3v) is 3.09. The molecule has 1 unspecified atom stereocenters. The van der Waals surface area contributed by atoms with E-state index in [0.717, 1.165) is 16.5 Å². The smallest absolute Gasteiger partial charge is 0.129 e. The number of nitrogens with zero attached hydrogens (tertiary/aromatic N) is 1. The van der Waals surface area contributed by atoms with Crippen molar-refractivity contribution in [3.63, 3.8) is 0 Å². The van der Waals surface area contributed by atoms with Gasteiger partial charge in [-0.3, -0.25) is 0 Å². The lowest BCUT2D eigenvalue weighted by Gasteiger charge is -2.15. The molecule has 0 aliphatic heterocycles. The molecule has 0 fully saturated rings. The van der Waals surface area contributed by atoms with Crippen LogP contribution in [0.5, 0.6) is 5.75 Å². The predicted molar refractivity (Wildman–Crippen MR) is 82.3 cm³/mol. The third kappa shape index (κ3) is 3.96. The van der Waals surface area contributed by atoms with Gasteiger partial charge in [-0.15, -0.1) is 0 Å². The minimum Gasteiger partial charge on any atom is -0.490 e. The average Bonchev–Trinajstić information content (AvgIpc) is 2.87. The Morgan fingerprint density at radius 1 is 1.43 bits per heavy atom. The first-order valence-corrected chi connectivity index (χ1v) is 6.93. The molecule has 2 aromatic rings. The highest BCUT2D eigenvalue weighted by atomic mass is 16.5. The Morgan fingerprint density at radius 2 is 2.24 bits per heavy atom. The fraction of sp³-hybridized carbons (Fsp3) is 0.400. The maximum absolute atomic E-state index is 9.89. The lowest BCUT2D eigenvalue weighted by atomic mass is 10.1. The summed E-state index contributed by atoms with van der Waals surface area (Å²) < 4.78 is 5.71. The first-order chi connectivity index (χ1) is 10.1. The molecule has 0 saturated heterocycles. The van der Waals surface area contributed by atoms with Crippen molar-refractivity contribution in [2.24, 2.45) is 5.16 Å². The fourth-order valence-electron chi connectivity index (χ4n) is 2.08. The van der Waals surface area contributed by atoms with Crippen LogP contribution in [0.25, 0.3) is 10.9 Å². The van der Waals surface area contributed by atoms with Gasteiger partial charge in [-0.05, 0) is 12.1 Å². The quantitative estimate of drug-likeness (QED) is 0.355. The first-order valence-electron chi connectivity index (χ1n) is 6.93. The summed E-state index contributed by atoms with van der Waals surface area (Å²) in [6, 6.07) is 5.92. The first kappa shape index (κ1) is 15.3. The molecule has 114 valence electrons. The number of aliphatic hydroxyl groups is 1. The lowest BCUT2D eigenvalue weighted by Crippen LogP contribution is -2.35. The Hall–Kier alpha value is -2.05. The Kier molecular flexibility index (Phi) is 5.19. The van der Waals surface area contributed by atoms with Gasteiger partial charge in [0.25, 0.3) is 0 Å². The number of H-pyrrole nitrogens is 1. The maximum atomic E-state index is 9.89. The van der Waals surface area contributed by atoms with Gasteiger partial charge < -0.3 is 25.4 Å². The number of aliphatic hydroxyl groups excluding tert-OH is 1. The third-order valence-electron chi connectivity index (χ3n) is 3.09. The summed E-state index contributed by atoms with van der Waals surface area (Å²) in [4.78, 5) is 3.08. The summed E-state index contributed by atoms with van der Waals surface area (Å²) in [5, 5.41) is 25.6. The zero-order valence-electron chi connectivity index (χ0n) is 12.2. The van der Waals surface area contributed by atoms with Crippen LogP contribution < -0.4 is 10.1 Å². The van der Waals surface area contributed by atoms with E-state index >= 15 is 0 Å². The lowest BCUT2D eigenvalue weighted by molar-refractivity contribution is 0.105. The monoisotopic (exact) mass is 291 g/mol. The highest BCUT2D eigenvalue weighted by Gasteiger charge is 2.11. The zero-order valence-corrected chi connectivity index (χ0v) is 12.2. The van der Waals surface area contributed by atoms with Crippen molar-refractivity contribution in [2.75, 3.05) is 13.2 Å². The SMILES string of the molecule is CC(C)NCC(O)COc1cccc2[nH]cc(/C=N\O)c12. The van der Waals surface area contributed by atoms with Crippen LogP contribution in [-0.4, -0.2) is 46.8 Å². The number of benzene rings is 1. The minimum absolute atomic E-state index is 0.194. The molecule has 4 N–H and O–H groups in total. The fourth-order valence-corrected chi connectivity index (χ4v) is 2.08. The number of ether oxygens (including phenoxy) is 1. The van der Waals surface area contributed by atoms with Gasteiger partial charge in [0.2, 0.25) is 0 Å². The van der Waals surface area contributed by atoms with Crippen LogP contribution in [0.4, 0.5) is 0 Å². The molecule has 1 heterocycles. The van der Waals surface area contributed by atoms with Gasteiger partial charge in [-0.25, -0.2) is 0 Å². The van der Waals surface area contributed by atoms with Crippen molar-refractivity contribution in [1.29, 1.82) is 0 Å². The highest BCUT2D eigenvalue weighted by molar-refractivity contribution is 6.02. The molecule has 0 radical (unpaired) electrons. The summed E-state index contributed by atoms with van der Waals surface area (Å²) in [7, 11) is 0. The molecule has 0 aliphatic carbocycles. The Labute approximate surface area is 123 Å². The molecule has 21 heavy (non-hydrogen) atoms. The van der Waals surface area contributed by atoms with Crippen molar-refractivity contribution in [2.45, 2.75) is 26.0 Å². The molecule has 6 nitrogen and oxygen atoms in total. The Balaban J connectivity index is 2.09. The largest absolute Gasteiger partial charge is 0.490 e. The minimum atomic E-state index is -0.587. The predicted octanol–water partition coefficient (Wildman–Crippen LogP) is 1.71. The molecular formula is C15H21N3O3. The van der Waals surface area contributed by atoms with Gasteiger partial charge in [-0.2, -0.15) is 0 Å². The van der Waals surface area contributed by atoms with Gasteiger partial charge in [0.15, 0.2) is 0 Å². The van der Waals surface area contributed by atoms with Crippen LogP contribution in [0, 0.1) is 0 Å². The van der Waals surface area contributed by atoms with E-state index in [2.05, 4.69) is 15.5 Å². The number of nitrogens with one attached hydrogen (secondary N) is 2. The summed E-state index contributed by atoms with van der Waals surface area (Å²) in [5.41, 5.74) is 1.62. The van der Waals surface area contributed by atoms with Crippen LogP contribution in [0.2, 0.25) is 0 Å². The van der Waals surface area contributed by atoms with Crippen molar-refractivity contribution in [3.05, 3.63) is 30.0 Å². The van der Waals surface area contributed by atoms with Gasteiger partial charge in [-0.1, -0.05) is 25.1 Å². The molecule has 0 aliphatic rings. The molecule has 0 bridgehead atoms. The van der Waals surface area contributed by atoms with Gasteiger partial charge in [0.1, 0.15) is 18.5 Å². The molecule has 6 heteroatoms. The summed E-state index contributed by atoms with van der Waals surface area (Å²) >= 11 is 0. The standard InChI is InChI=1S/C15H21N3O3/c1-10(2)16-8-12(19)9-21-14-5-3-4-13-15(14)11(6-17-13)7-18-20/h3-7,10,12,16-17,19-20H,8-9H2,1-2H3/b18-7-. The molecule has 1 aromatic carbocycles. The van der Waals surface area contributed by atoms with E-state index in [9.17, 15) is 5.11 Å². The van der Waals surface area contributed by atoms with Crippen molar-refractivity contribution >= 4 is 17.1 Å². The van der Waals surface area contributed by atoms with Crippen LogP contribution in [0.1, 0.15) is 19.4 Å². The van der Waals surface area contributed by atoms with Gasteiger partial charge in [0.05, 0.1) is 11.6 Å². The zero-order chi connectivity index (χ0) is 15.2. The van der Waals surface area contributed by atoms with E-state index in [1.54, 1.807) is 6.20 Å². The average molecular weight is 291 g/mol. The molecule has 0 saturated carbocycles. The van der Waals surface area contributed by atoms with Crippen LogP contribution in [-0.2, 0) is 0 Å². The second-order valence-electron chi connectivity index (χ2n) is 5.20. The molecule has 1 atom stereocenters. The Morgan fingerprint density at radius 3 is 2.95 bits per heavy atom. The van der Waals surface area contributed by atoms with Crippen molar-refractivity contribution < 1.29 is 15.1 Å². The normalized spacial score (nSPS) is 13.3. The number of oxime groups is 1. The van der Waals surface area contributed by atoms with E-state index in [1.165, 1.54) is 6.21 Å². The second-order valence-corrected chi connectivity index (χ2v) is 5.20. The van der Waals surface area contributed by atoms with Gasteiger partial charge >= 0.3 is 0 Å². The number of aromatic amines is 1. The van der Waals surface area contributed by atoms with Crippen LogP contribution in [0.15, 0.2) is 29.6 Å². The number of hydrogen-bond donors (Lipinski definition) is 4. The van der Waals surface area contributed by atoms with E-state index in [-0.39, 0.29) is 6.61 Å². The van der Waals surface area contributed by atoms with Crippen molar-refractivity contribution in [3.8, 4) is 5.75 Å². The van der Waals surface area contributed by atoms with Crippen LogP contribution >= 0.6 is 0 Å². The van der Waals surface area contributed by atoms with Crippen molar-refractivity contribution in [1.82, 2.24) is 10.3 Å². The number of aromatic nitrogens is 1. The maximum Gasteiger partial charge on any atom is 0.129 e. The summed E-state index contributed by atoms with van der Waals surface area (Å²) in [6.07, 6.45) is 2.51. The number of fused-ring (bicyclic) bond motifs is 1. The van der Waals surface area contributed by atoms with Gasteiger partial charge in [0, 0.05) is 29.9 Å². The molecular weight excluding hydrogens is 270 g/mol. The number of rotatable bonds is 7. The second kappa shape index (κ2) is 7.10. The van der Waals surface area contributed by atoms with E-state index in [4.69, 9.17) is 9.94 Å². The molecule has 2 rings (SSSR count). The topological polar surface area (TPSA) is 89.9 Å². The van der Waals surface area contributed by atoms with Crippen LogP contribution in [0.3, 0.4) is 0 Å². The number of hydrogen-bond acceptors (Lipinski definition) is 5. The Bertz CT molecular complexity index is 607. The molecule has 0 spiro atoms. The molecule has 0 amide bonds. The van der Waals surface area contributed by atoms with E-state index in [0.29, 0.717) is 18.3 Å². The molecule has 1 aromatic heterocycles. The highest BCUT2D eigenvalue weighted by Crippen LogP contribution is 2.28. The van der Waals surface area contributed by atoms with E-state index < -0.39 is 6.10 Å².